The second kappa shape index (κ2) is 7.66. The van der Waals surface area contributed by atoms with Gasteiger partial charge in [-0.25, -0.2) is 0 Å². The molecule has 3 rings (SSSR count). The number of ether oxygens (including phenoxy) is 1. The molecule has 1 amide bonds. The Labute approximate surface area is 146 Å². The molecule has 3 atom stereocenters. The highest BCUT2D eigenvalue weighted by molar-refractivity contribution is 9.10. The summed E-state index contributed by atoms with van der Waals surface area (Å²) in [6.07, 6.45) is 3.03. The third kappa shape index (κ3) is 4.15. The first kappa shape index (κ1) is 17.6. The number of benzene rings is 1. The Morgan fingerprint density at radius 3 is 2.68 bits per heavy atom. The van der Waals surface area contributed by atoms with E-state index in [0.717, 1.165) is 29.7 Å². The van der Waals surface area contributed by atoms with Crippen LogP contribution in [0.2, 0.25) is 0 Å². The van der Waals surface area contributed by atoms with Crippen molar-refractivity contribution in [2.45, 2.75) is 44.4 Å². The quantitative estimate of drug-likeness (QED) is 0.864. The zero-order valence-corrected chi connectivity index (χ0v) is 15.0. The molecule has 2 saturated heterocycles. The van der Waals surface area contributed by atoms with Gasteiger partial charge < -0.3 is 15.0 Å². The van der Waals surface area contributed by atoms with Crippen molar-refractivity contribution in [2.75, 3.05) is 13.1 Å². The monoisotopic (exact) mass is 388 g/mol. The Bertz CT molecular complexity index is 511. The third-order valence-electron chi connectivity index (χ3n) is 4.31. The second-order valence-electron chi connectivity index (χ2n) is 5.92. The van der Waals surface area contributed by atoms with Crippen molar-refractivity contribution in [3.05, 3.63) is 28.7 Å². The van der Waals surface area contributed by atoms with E-state index in [2.05, 4.69) is 21.2 Å². The summed E-state index contributed by atoms with van der Waals surface area (Å²) in [5, 5.41) is 3.59. The van der Waals surface area contributed by atoms with Gasteiger partial charge in [-0.2, -0.15) is 0 Å². The Balaban J connectivity index is 0.00000176. The number of nitrogens with zero attached hydrogens (tertiary/aromatic N) is 1. The number of likely N-dealkylation sites (tertiary alicyclic amines) is 1. The van der Waals surface area contributed by atoms with Crippen LogP contribution in [0.15, 0.2) is 28.7 Å². The molecule has 4 nitrogen and oxygen atoms in total. The molecule has 0 aromatic heterocycles. The highest BCUT2D eigenvalue weighted by Gasteiger charge is 2.32. The topological polar surface area (TPSA) is 41.6 Å². The van der Waals surface area contributed by atoms with E-state index in [1.165, 1.54) is 12.8 Å². The fraction of sp³-hybridized carbons (Fsp3) is 0.562. The van der Waals surface area contributed by atoms with Crippen LogP contribution in [-0.4, -0.2) is 42.1 Å². The molecule has 0 radical (unpaired) electrons. The maximum Gasteiger partial charge on any atom is 0.263 e. The molecule has 1 N–H and O–H groups in total. The number of hydrogen-bond donors (Lipinski definition) is 1. The Kier molecular flexibility index (Phi) is 6.12. The van der Waals surface area contributed by atoms with Gasteiger partial charge in [0.25, 0.3) is 5.91 Å². The smallest absolute Gasteiger partial charge is 0.263 e. The first-order valence-electron chi connectivity index (χ1n) is 7.59. The number of fused-ring (bicyclic) bond motifs is 2. The minimum absolute atomic E-state index is 0. The van der Waals surface area contributed by atoms with Gasteiger partial charge in [-0.1, -0.05) is 15.9 Å². The predicted molar refractivity (Wildman–Crippen MR) is 92.6 cm³/mol. The lowest BCUT2D eigenvalue weighted by Crippen LogP contribution is -2.44. The number of rotatable bonds is 3. The van der Waals surface area contributed by atoms with Gasteiger partial charge >= 0.3 is 0 Å². The van der Waals surface area contributed by atoms with Crippen LogP contribution < -0.4 is 10.1 Å². The van der Waals surface area contributed by atoms with Gasteiger partial charge in [-0.3, -0.25) is 4.79 Å². The Hall–Kier alpha value is -0.780. The molecule has 2 fully saturated rings. The molecule has 0 spiro atoms. The molecule has 3 unspecified atom stereocenters. The van der Waals surface area contributed by atoms with E-state index in [1.807, 2.05) is 36.1 Å². The lowest BCUT2D eigenvalue weighted by Gasteiger charge is -2.27. The first-order valence-corrected chi connectivity index (χ1v) is 8.38. The second-order valence-corrected chi connectivity index (χ2v) is 6.84. The summed E-state index contributed by atoms with van der Waals surface area (Å²) < 4.78 is 6.78. The molecule has 0 aliphatic carbocycles. The van der Waals surface area contributed by atoms with Gasteiger partial charge in [0.15, 0.2) is 6.10 Å². The van der Waals surface area contributed by atoms with Crippen molar-refractivity contribution in [1.82, 2.24) is 10.2 Å². The fourth-order valence-electron chi connectivity index (χ4n) is 3.17. The average Bonchev–Trinajstić information content (AvgIpc) is 2.80. The van der Waals surface area contributed by atoms with E-state index in [4.69, 9.17) is 4.74 Å². The van der Waals surface area contributed by atoms with Gasteiger partial charge in [0.2, 0.25) is 0 Å². The van der Waals surface area contributed by atoms with Crippen LogP contribution >= 0.6 is 28.3 Å². The molecule has 2 heterocycles. The number of carbonyl (C=O) groups is 1. The largest absolute Gasteiger partial charge is 0.481 e. The molecular weight excluding hydrogens is 368 g/mol. The molecule has 122 valence electrons. The van der Waals surface area contributed by atoms with Gasteiger partial charge in [-0.15, -0.1) is 12.4 Å². The highest BCUT2D eigenvalue weighted by atomic mass is 79.9. The molecule has 0 saturated carbocycles. The number of carbonyl (C=O) groups excluding carboxylic acids is 1. The van der Waals surface area contributed by atoms with Crippen LogP contribution in [0.4, 0.5) is 0 Å². The summed E-state index contributed by atoms with van der Waals surface area (Å²) >= 11 is 3.39. The summed E-state index contributed by atoms with van der Waals surface area (Å²) in [4.78, 5) is 14.5. The van der Waals surface area contributed by atoms with Crippen molar-refractivity contribution >= 4 is 34.2 Å². The highest BCUT2D eigenvalue weighted by Crippen LogP contribution is 2.22. The summed E-state index contributed by atoms with van der Waals surface area (Å²) in [5.41, 5.74) is 0. The normalized spacial score (nSPS) is 25.1. The summed E-state index contributed by atoms with van der Waals surface area (Å²) in [7, 11) is 0. The van der Waals surface area contributed by atoms with Crippen molar-refractivity contribution in [1.29, 1.82) is 0 Å². The predicted octanol–water partition coefficient (Wildman–Crippen LogP) is 2.99. The van der Waals surface area contributed by atoms with Gasteiger partial charge in [0.1, 0.15) is 5.75 Å². The standard InChI is InChI=1S/C16H21BrN2O2.ClH/c1-11(21-15-6-2-12(17)3-7-15)16(20)19-9-8-13-4-5-14(10-19)18-13;/h2-3,6-7,11,13-14,18H,4-5,8-10H2,1H3;1H. The zero-order valence-electron chi connectivity index (χ0n) is 12.6. The van der Waals surface area contributed by atoms with E-state index < -0.39 is 6.10 Å². The van der Waals surface area contributed by atoms with Gasteiger partial charge in [-0.05, 0) is 50.5 Å². The molecule has 2 bridgehead atoms. The van der Waals surface area contributed by atoms with Crippen LogP contribution in [-0.2, 0) is 4.79 Å². The zero-order chi connectivity index (χ0) is 14.8. The number of halogens is 2. The molecule has 2 aliphatic rings. The molecule has 1 aromatic rings. The van der Waals surface area contributed by atoms with Gasteiger partial charge in [0.05, 0.1) is 0 Å². The van der Waals surface area contributed by atoms with Crippen LogP contribution in [0.3, 0.4) is 0 Å². The minimum atomic E-state index is -0.442. The van der Waals surface area contributed by atoms with Crippen molar-refractivity contribution < 1.29 is 9.53 Å². The van der Waals surface area contributed by atoms with Crippen LogP contribution in [0.5, 0.6) is 5.75 Å². The number of hydrogen-bond acceptors (Lipinski definition) is 3. The lowest BCUT2D eigenvalue weighted by atomic mass is 10.1. The average molecular weight is 390 g/mol. The van der Waals surface area contributed by atoms with E-state index in [0.29, 0.717) is 12.1 Å². The number of nitrogens with one attached hydrogen (secondary N) is 1. The third-order valence-corrected chi connectivity index (χ3v) is 4.84. The maximum absolute atomic E-state index is 12.6. The summed E-state index contributed by atoms with van der Waals surface area (Å²) in [6, 6.07) is 8.64. The number of amides is 1. The molecular formula is C16H22BrClN2O2. The van der Waals surface area contributed by atoms with Crippen molar-refractivity contribution in [3.8, 4) is 5.75 Å². The van der Waals surface area contributed by atoms with Crippen LogP contribution in [0.25, 0.3) is 0 Å². The van der Waals surface area contributed by atoms with Crippen molar-refractivity contribution in [2.24, 2.45) is 0 Å². The summed E-state index contributed by atoms with van der Waals surface area (Å²) in [6.45, 7) is 3.48. The van der Waals surface area contributed by atoms with Crippen LogP contribution in [0, 0.1) is 0 Å². The van der Waals surface area contributed by atoms with E-state index in [9.17, 15) is 4.79 Å². The van der Waals surface area contributed by atoms with Crippen LogP contribution in [0.1, 0.15) is 26.2 Å². The molecule has 2 aliphatic heterocycles. The fourth-order valence-corrected chi connectivity index (χ4v) is 3.43. The van der Waals surface area contributed by atoms with Crippen molar-refractivity contribution in [3.63, 3.8) is 0 Å². The SMILES string of the molecule is CC(Oc1ccc(Br)cc1)C(=O)N1CCC2CCC(C1)N2.Cl. The molecule has 1 aromatic carbocycles. The Morgan fingerprint density at radius 1 is 1.27 bits per heavy atom. The van der Waals surface area contributed by atoms with E-state index in [-0.39, 0.29) is 18.3 Å². The van der Waals surface area contributed by atoms with E-state index in [1.54, 1.807) is 0 Å². The first-order chi connectivity index (χ1) is 10.1. The lowest BCUT2D eigenvalue weighted by molar-refractivity contribution is -0.138. The van der Waals surface area contributed by atoms with Gasteiger partial charge in [0, 0.05) is 29.6 Å². The maximum atomic E-state index is 12.6. The van der Waals surface area contributed by atoms with E-state index >= 15 is 0 Å². The molecule has 22 heavy (non-hydrogen) atoms. The Morgan fingerprint density at radius 2 is 1.95 bits per heavy atom. The minimum Gasteiger partial charge on any atom is -0.481 e. The summed E-state index contributed by atoms with van der Waals surface area (Å²) in [5.74, 6) is 0.820. The molecule has 6 heteroatoms.